The maximum absolute atomic E-state index is 2.48. The van der Waals surface area contributed by atoms with Gasteiger partial charge in [-0.1, -0.05) is 167 Å². The van der Waals surface area contributed by atoms with E-state index >= 15 is 0 Å². The molecule has 0 amide bonds. The second kappa shape index (κ2) is 15.1. The third-order valence-corrected chi connectivity index (χ3v) is 14.1. The lowest BCUT2D eigenvalue weighted by Gasteiger charge is -2.22. The van der Waals surface area contributed by atoms with Gasteiger partial charge in [-0.2, -0.15) is 0 Å². The topological polar surface area (TPSA) is 9.86 Å². The molecule has 1 atom stereocenters. The van der Waals surface area contributed by atoms with Crippen LogP contribution in [0.1, 0.15) is 50.4 Å². The molecule has 0 radical (unpaired) electrons. The molecule has 11 aromatic rings. The monoisotopic (exact) mass is 822 g/mol. The number of nitrogens with zero attached hydrogens (tertiary/aromatic N) is 2. The average molecular weight is 823 g/mol. The van der Waals surface area contributed by atoms with Crippen LogP contribution in [0, 0.1) is 11.8 Å². The molecule has 2 aromatic heterocycles. The Bertz CT molecular complexity index is 3560. The molecule has 0 aliphatic heterocycles. The number of benzene rings is 9. The largest absolute Gasteiger partial charge is 0.310 e. The van der Waals surface area contributed by atoms with Crippen LogP contribution in [0.4, 0.5) is 0 Å². The zero-order chi connectivity index (χ0) is 43.1. The Kier molecular flexibility index (Phi) is 9.05. The smallest absolute Gasteiger partial charge is 0.0541 e. The summed E-state index contributed by atoms with van der Waals surface area (Å²) in [4.78, 5) is 0. The minimum absolute atomic E-state index is 0.492. The van der Waals surface area contributed by atoms with Crippen LogP contribution in [0.5, 0.6) is 0 Å². The Hall–Kier alpha value is -7.42. The van der Waals surface area contributed by atoms with Crippen LogP contribution in [0.3, 0.4) is 0 Å². The highest BCUT2D eigenvalue weighted by Gasteiger charge is 2.25. The maximum atomic E-state index is 2.48. The highest BCUT2D eigenvalue weighted by atomic mass is 15.0. The number of hydrogen-bond donors (Lipinski definition) is 0. The van der Waals surface area contributed by atoms with Crippen molar-refractivity contribution >= 4 is 60.3 Å². The number of aromatic nitrogens is 2. The summed E-state index contributed by atoms with van der Waals surface area (Å²) in [6, 6.07) is 70.0. The first kappa shape index (κ1) is 38.3. The molecule has 64 heavy (non-hydrogen) atoms. The van der Waals surface area contributed by atoms with Crippen molar-refractivity contribution in [1.29, 1.82) is 0 Å². The van der Waals surface area contributed by atoms with Crippen molar-refractivity contribution in [1.82, 2.24) is 9.13 Å². The Morgan fingerprint density at radius 2 is 0.906 bits per heavy atom. The van der Waals surface area contributed by atoms with Crippen LogP contribution < -0.4 is 0 Å². The molecule has 0 N–H and O–H groups in total. The molecule has 1 aliphatic rings. The van der Waals surface area contributed by atoms with Gasteiger partial charge in [0.15, 0.2) is 0 Å². The average Bonchev–Trinajstić information content (AvgIpc) is 3.85. The normalized spacial score (nSPS) is 13.9. The fraction of sp³-hybridized carbons (Fsp3) is 0.129. The zero-order valence-electron chi connectivity index (χ0n) is 36.9. The van der Waals surface area contributed by atoms with E-state index in [4.69, 9.17) is 0 Å². The zero-order valence-corrected chi connectivity index (χ0v) is 36.9. The fourth-order valence-corrected chi connectivity index (χ4v) is 10.8. The summed E-state index contributed by atoms with van der Waals surface area (Å²) in [5, 5.41) is 8.99. The first-order valence-electron chi connectivity index (χ1n) is 23.0. The summed E-state index contributed by atoms with van der Waals surface area (Å²) in [6.07, 6.45) is 5.91. The van der Waals surface area contributed by atoms with Crippen LogP contribution >= 0.6 is 0 Å². The minimum Gasteiger partial charge on any atom is -0.310 e. The SMILES string of the molecule is CC(C)c1ccc2c(c1)c1c(n2-c2ccc(-c3ccc4c(c3)c3ccccc3n4-c3ccc(-c4c5ccccc5c(-c5ccccc5)c5ccccc45)cc3)cc2)C=CC(C(C)C)C1. The standard InChI is InChI=1S/C62H50N2/c1-39(2)44-26-33-59-55(36-44)56-37-45(40(3)4)27-34-60(56)64(59)47-29-22-41(23-30-47)46-28-35-58-54(38-46)49-16-12-13-21-57(49)63(58)48-31-24-43(25-32-48)62-52-19-10-8-17-50(52)61(42-14-6-5-7-15-42)51-18-9-11-20-53(51)62/h5-36,38-40,45H,37H2,1-4H3. The number of allylic oxidation sites excluding steroid dienone is 1. The van der Waals surface area contributed by atoms with Gasteiger partial charge in [0.25, 0.3) is 0 Å². The maximum Gasteiger partial charge on any atom is 0.0541 e. The molecule has 0 spiro atoms. The second-order valence-corrected chi connectivity index (χ2v) is 18.5. The van der Waals surface area contributed by atoms with E-state index in [0.717, 1.165) is 12.1 Å². The van der Waals surface area contributed by atoms with Crippen molar-refractivity contribution in [3.8, 4) is 44.8 Å². The van der Waals surface area contributed by atoms with Crippen LogP contribution in [0.2, 0.25) is 0 Å². The Morgan fingerprint density at radius 3 is 1.53 bits per heavy atom. The predicted octanol–water partition coefficient (Wildman–Crippen LogP) is 17.0. The van der Waals surface area contributed by atoms with Gasteiger partial charge in [-0.05, 0) is 151 Å². The van der Waals surface area contributed by atoms with Crippen molar-refractivity contribution in [3.63, 3.8) is 0 Å². The molecule has 12 rings (SSSR count). The summed E-state index contributed by atoms with van der Waals surface area (Å²) in [5.74, 6) is 1.66. The predicted molar refractivity (Wildman–Crippen MR) is 274 cm³/mol. The fourth-order valence-electron chi connectivity index (χ4n) is 10.8. The molecule has 0 fully saturated rings. The number of para-hydroxylation sites is 1. The van der Waals surface area contributed by atoms with E-state index in [1.54, 1.807) is 0 Å². The molecule has 2 nitrogen and oxygen atoms in total. The lowest BCUT2D eigenvalue weighted by molar-refractivity contribution is 0.462. The molecule has 9 aromatic carbocycles. The van der Waals surface area contributed by atoms with Crippen molar-refractivity contribution < 1.29 is 0 Å². The molecular formula is C62H50N2. The molecule has 1 unspecified atom stereocenters. The Morgan fingerprint density at radius 1 is 0.406 bits per heavy atom. The molecule has 1 aliphatic carbocycles. The lowest BCUT2D eigenvalue weighted by atomic mass is 9.84. The van der Waals surface area contributed by atoms with E-state index in [1.807, 2.05) is 0 Å². The van der Waals surface area contributed by atoms with E-state index in [2.05, 4.69) is 237 Å². The summed E-state index contributed by atoms with van der Waals surface area (Å²) in [7, 11) is 0. The van der Waals surface area contributed by atoms with E-state index < -0.39 is 0 Å². The highest BCUT2D eigenvalue weighted by Crippen LogP contribution is 2.45. The quantitative estimate of drug-likeness (QED) is 0.142. The second-order valence-electron chi connectivity index (χ2n) is 18.5. The minimum atomic E-state index is 0.492. The number of rotatable bonds is 7. The van der Waals surface area contributed by atoms with Gasteiger partial charge in [-0.15, -0.1) is 0 Å². The molecule has 0 bridgehead atoms. The molecule has 2 heterocycles. The van der Waals surface area contributed by atoms with Crippen LogP contribution in [-0.4, -0.2) is 9.13 Å². The Labute approximate surface area is 375 Å². The van der Waals surface area contributed by atoms with Gasteiger partial charge in [0.05, 0.1) is 16.6 Å². The third kappa shape index (κ3) is 6.08. The summed E-state index contributed by atoms with van der Waals surface area (Å²) in [6.45, 7) is 9.28. The number of hydrogen-bond acceptors (Lipinski definition) is 0. The van der Waals surface area contributed by atoms with E-state index in [-0.39, 0.29) is 0 Å². The van der Waals surface area contributed by atoms with Gasteiger partial charge in [0, 0.05) is 33.2 Å². The van der Waals surface area contributed by atoms with Gasteiger partial charge in [0.1, 0.15) is 0 Å². The summed E-state index contributed by atoms with van der Waals surface area (Å²) in [5.41, 5.74) is 17.7. The molecule has 2 heteroatoms. The van der Waals surface area contributed by atoms with Crippen LogP contribution in [0.15, 0.2) is 194 Å². The molecular weight excluding hydrogens is 773 g/mol. The van der Waals surface area contributed by atoms with Crippen molar-refractivity contribution in [2.24, 2.45) is 11.8 Å². The van der Waals surface area contributed by atoms with E-state index in [1.165, 1.54) is 110 Å². The molecule has 0 saturated heterocycles. The molecule has 308 valence electrons. The number of fused-ring (bicyclic) bond motifs is 8. The van der Waals surface area contributed by atoms with Gasteiger partial charge < -0.3 is 9.13 Å². The van der Waals surface area contributed by atoms with Crippen molar-refractivity contribution in [3.05, 3.63) is 211 Å². The highest BCUT2D eigenvalue weighted by molar-refractivity contribution is 6.21. The third-order valence-electron chi connectivity index (χ3n) is 14.1. The van der Waals surface area contributed by atoms with Gasteiger partial charge in [0.2, 0.25) is 0 Å². The first-order chi connectivity index (χ1) is 31.4. The lowest BCUT2D eigenvalue weighted by Crippen LogP contribution is -2.13. The first-order valence-corrected chi connectivity index (χ1v) is 23.0. The van der Waals surface area contributed by atoms with Gasteiger partial charge in [-0.25, -0.2) is 0 Å². The van der Waals surface area contributed by atoms with Crippen molar-refractivity contribution in [2.45, 2.75) is 40.0 Å². The van der Waals surface area contributed by atoms with Crippen LogP contribution in [0.25, 0.3) is 105 Å². The van der Waals surface area contributed by atoms with Gasteiger partial charge in [-0.3, -0.25) is 0 Å². The molecule has 0 saturated carbocycles. The van der Waals surface area contributed by atoms with E-state index in [9.17, 15) is 0 Å². The van der Waals surface area contributed by atoms with E-state index in [0.29, 0.717) is 17.8 Å². The Balaban J connectivity index is 0.930. The van der Waals surface area contributed by atoms with Crippen LogP contribution in [-0.2, 0) is 6.42 Å². The summed E-state index contributed by atoms with van der Waals surface area (Å²) < 4.78 is 4.91. The van der Waals surface area contributed by atoms with Gasteiger partial charge >= 0.3 is 0 Å². The summed E-state index contributed by atoms with van der Waals surface area (Å²) >= 11 is 0. The van der Waals surface area contributed by atoms with Crippen molar-refractivity contribution in [2.75, 3.05) is 0 Å².